The van der Waals surface area contributed by atoms with Crippen molar-refractivity contribution in [2.24, 2.45) is 7.05 Å². The minimum absolute atomic E-state index is 0.0750. The second-order valence-electron chi connectivity index (χ2n) is 4.52. The predicted octanol–water partition coefficient (Wildman–Crippen LogP) is 2.89. The summed E-state index contributed by atoms with van der Waals surface area (Å²) in [5.41, 5.74) is 4.35. The molecule has 0 bridgehead atoms. The Morgan fingerprint density at radius 3 is 2.67 bits per heavy atom. The van der Waals surface area contributed by atoms with E-state index < -0.39 is 0 Å². The van der Waals surface area contributed by atoms with Crippen molar-refractivity contribution < 1.29 is 5.11 Å². The van der Waals surface area contributed by atoms with Crippen LogP contribution in [0.5, 0.6) is 0 Å². The quantitative estimate of drug-likeness (QED) is 0.926. The van der Waals surface area contributed by atoms with E-state index in [0.29, 0.717) is 11.6 Å². The van der Waals surface area contributed by atoms with Crippen molar-refractivity contribution in [3.8, 4) is 11.4 Å². The number of hydrogen-bond acceptors (Lipinski definition) is 2. The molecule has 0 radical (unpaired) electrons. The largest absolute Gasteiger partial charge is 0.396 e. The number of hydrogen-bond donors (Lipinski definition) is 1. The molecule has 0 aliphatic rings. The van der Waals surface area contributed by atoms with E-state index in [4.69, 9.17) is 16.7 Å². The standard InChI is InChI=1S/C14H17ClN2O/c1-9-4-5-11(10(2)8-9)14-16-13(15)12(6-7-18)17(14)3/h4-5,8,18H,6-7H2,1-3H3. The summed E-state index contributed by atoms with van der Waals surface area (Å²) in [5.74, 6) is 0.848. The molecule has 0 unspecified atom stereocenters. The van der Waals surface area contributed by atoms with Crippen LogP contribution in [0, 0.1) is 13.8 Å². The van der Waals surface area contributed by atoms with Crippen molar-refractivity contribution in [1.82, 2.24) is 9.55 Å². The van der Waals surface area contributed by atoms with E-state index in [-0.39, 0.29) is 6.61 Å². The molecule has 1 aromatic carbocycles. The van der Waals surface area contributed by atoms with E-state index in [2.05, 4.69) is 37.0 Å². The van der Waals surface area contributed by atoms with Gasteiger partial charge in [-0.1, -0.05) is 35.4 Å². The Hall–Kier alpha value is -1.32. The van der Waals surface area contributed by atoms with Gasteiger partial charge in [0.25, 0.3) is 0 Å². The lowest BCUT2D eigenvalue weighted by Gasteiger charge is -2.08. The molecule has 0 aliphatic heterocycles. The summed E-state index contributed by atoms with van der Waals surface area (Å²) in [6.07, 6.45) is 0.521. The van der Waals surface area contributed by atoms with Crippen molar-refractivity contribution >= 4 is 11.6 Å². The number of rotatable bonds is 3. The average molecular weight is 265 g/mol. The summed E-state index contributed by atoms with van der Waals surface area (Å²) in [6.45, 7) is 4.21. The Bertz CT molecular complexity index is 575. The van der Waals surface area contributed by atoms with Gasteiger partial charge < -0.3 is 9.67 Å². The molecule has 2 aromatic rings. The van der Waals surface area contributed by atoms with Crippen LogP contribution in [-0.2, 0) is 13.5 Å². The molecule has 96 valence electrons. The topological polar surface area (TPSA) is 38.1 Å². The highest BCUT2D eigenvalue weighted by Gasteiger charge is 2.15. The number of nitrogens with zero attached hydrogens (tertiary/aromatic N) is 2. The Balaban J connectivity index is 2.54. The monoisotopic (exact) mass is 264 g/mol. The van der Waals surface area contributed by atoms with Gasteiger partial charge in [0.1, 0.15) is 5.82 Å². The second-order valence-corrected chi connectivity index (χ2v) is 4.88. The van der Waals surface area contributed by atoms with Gasteiger partial charge in [-0.3, -0.25) is 0 Å². The molecule has 1 heterocycles. The van der Waals surface area contributed by atoms with Gasteiger partial charge in [0.2, 0.25) is 0 Å². The van der Waals surface area contributed by atoms with Gasteiger partial charge in [-0.05, 0) is 19.4 Å². The van der Waals surface area contributed by atoms with Crippen LogP contribution >= 0.6 is 11.6 Å². The van der Waals surface area contributed by atoms with Gasteiger partial charge in [0, 0.05) is 25.6 Å². The number of benzene rings is 1. The fourth-order valence-electron chi connectivity index (χ4n) is 2.18. The number of aliphatic hydroxyl groups is 1. The molecule has 0 aliphatic carbocycles. The van der Waals surface area contributed by atoms with Crippen molar-refractivity contribution in [1.29, 1.82) is 0 Å². The summed E-state index contributed by atoms with van der Waals surface area (Å²) in [7, 11) is 1.93. The highest BCUT2D eigenvalue weighted by molar-refractivity contribution is 6.30. The maximum absolute atomic E-state index is 9.04. The third-order valence-electron chi connectivity index (χ3n) is 3.14. The zero-order chi connectivity index (χ0) is 13.3. The van der Waals surface area contributed by atoms with Crippen molar-refractivity contribution in [2.75, 3.05) is 6.61 Å². The van der Waals surface area contributed by atoms with Gasteiger partial charge >= 0.3 is 0 Å². The average Bonchev–Trinajstić information content (AvgIpc) is 2.58. The van der Waals surface area contributed by atoms with E-state index in [1.54, 1.807) is 0 Å². The summed E-state index contributed by atoms with van der Waals surface area (Å²) >= 11 is 6.12. The van der Waals surface area contributed by atoms with Crippen LogP contribution in [0.1, 0.15) is 16.8 Å². The number of aryl methyl sites for hydroxylation is 2. The van der Waals surface area contributed by atoms with Crippen molar-refractivity contribution in [3.63, 3.8) is 0 Å². The fraction of sp³-hybridized carbons (Fsp3) is 0.357. The summed E-state index contributed by atoms with van der Waals surface area (Å²) in [4.78, 5) is 4.41. The zero-order valence-electron chi connectivity index (χ0n) is 10.9. The number of aromatic nitrogens is 2. The first-order valence-corrected chi connectivity index (χ1v) is 6.32. The zero-order valence-corrected chi connectivity index (χ0v) is 11.6. The molecule has 18 heavy (non-hydrogen) atoms. The van der Waals surface area contributed by atoms with Crippen LogP contribution in [0.3, 0.4) is 0 Å². The van der Waals surface area contributed by atoms with Crippen LogP contribution in [0.2, 0.25) is 5.15 Å². The SMILES string of the molecule is Cc1ccc(-c2nc(Cl)c(CCO)n2C)c(C)c1. The Morgan fingerprint density at radius 1 is 1.33 bits per heavy atom. The molecule has 4 heteroatoms. The Morgan fingerprint density at radius 2 is 2.06 bits per heavy atom. The number of halogens is 1. The maximum atomic E-state index is 9.04. The highest BCUT2D eigenvalue weighted by Crippen LogP contribution is 2.27. The Labute approximate surface area is 112 Å². The van der Waals surface area contributed by atoms with E-state index in [9.17, 15) is 0 Å². The molecule has 0 spiro atoms. The first-order valence-electron chi connectivity index (χ1n) is 5.94. The van der Waals surface area contributed by atoms with Crippen LogP contribution in [0.25, 0.3) is 11.4 Å². The van der Waals surface area contributed by atoms with Crippen LogP contribution in [0.15, 0.2) is 18.2 Å². The minimum atomic E-state index is 0.0750. The minimum Gasteiger partial charge on any atom is -0.396 e. The van der Waals surface area contributed by atoms with Crippen molar-refractivity contribution in [2.45, 2.75) is 20.3 Å². The van der Waals surface area contributed by atoms with Gasteiger partial charge in [-0.15, -0.1) is 0 Å². The van der Waals surface area contributed by atoms with Crippen LogP contribution < -0.4 is 0 Å². The molecule has 0 saturated carbocycles. The molecule has 0 atom stereocenters. The normalized spacial score (nSPS) is 10.9. The lowest BCUT2D eigenvalue weighted by atomic mass is 10.1. The van der Waals surface area contributed by atoms with E-state index in [0.717, 1.165) is 17.1 Å². The van der Waals surface area contributed by atoms with E-state index in [1.807, 2.05) is 11.6 Å². The highest BCUT2D eigenvalue weighted by atomic mass is 35.5. The lowest BCUT2D eigenvalue weighted by Crippen LogP contribution is -2.02. The predicted molar refractivity (Wildman–Crippen MR) is 73.9 cm³/mol. The summed E-state index contributed by atoms with van der Waals surface area (Å²) in [6, 6.07) is 6.26. The molecule has 2 rings (SSSR count). The lowest BCUT2D eigenvalue weighted by molar-refractivity contribution is 0.297. The second kappa shape index (κ2) is 5.12. The van der Waals surface area contributed by atoms with Gasteiger partial charge in [0.05, 0.1) is 5.69 Å². The maximum Gasteiger partial charge on any atom is 0.151 e. The number of aliphatic hydroxyl groups excluding tert-OH is 1. The molecule has 0 amide bonds. The molecule has 1 aromatic heterocycles. The molecule has 1 N–H and O–H groups in total. The first kappa shape index (κ1) is 13.1. The molecular weight excluding hydrogens is 248 g/mol. The van der Waals surface area contributed by atoms with Gasteiger partial charge in [-0.2, -0.15) is 0 Å². The third kappa shape index (κ3) is 2.28. The third-order valence-corrected chi connectivity index (χ3v) is 3.44. The van der Waals surface area contributed by atoms with Gasteiger partial charge in [-0.25, -0.2) is 4.98 Å². The summed E-state index contributed by atoms with van der Waals surface area (Å²) < 4.78 is 1.95. The van der Waals surface area contributed by atoms with Crippen molar-refractivity contribution in [3.05, 3.63) is 40.2 Å². The molecule has 0 fully saturated rings. The fourth-order valence-corrected chi connectivity index (χ4v) is 2.48. The number of imidazole rings is 1. The van der Waals surface area contributed by atoms with E-state index >= 15 is 0 Å². The van der Waals surface area contributed by atoms with E-state index in [1.165, 1.54) is 11.1 Å². The molecule has 0 saturated heterocycles. The molecular formula is C14H17ClN2O. The van der Waals surface area contributed by atoms with Gasteiger partial charge in [0.15, 0.2) is 5.15 Å². The summed E-state index contributed by atoms with van der Waals surface area (Å²) in [5, 5.41) is 9.51. The molecule has 3 nitrogen and oxygen atoms in total. The van der Waals surface area contributed by atoms with Crippen LogP contribution in [-0.4, -0.2) is 21.3 Å². The smallest absolute Gasteiger partial charge is 0.151 e. The van der Waals surface area contributed by atoms with Crippen LogP contribution in [0.4, 0.5) is 0 Å². The Kier molecular flexibility index (Phi) is 3.73. The first-order chi connectivity index (χ1) is 8.54.